The van der Waals surface area contributed by atoms with Crippen LogP contribution >= 0.6 is 0 Å². The summed E-state index contributed by atoms with van der Waals surface area (Å²) in [5.41, 5.74) is 0.381. The lowest BCUT2D eigenvalue weighted by Gasteiger charge is -2.41. The highest BCUT2D eigenvalue weighted by molar-refractivity contribution is 5.95. The van der Waals surface area contributed by atoms with Crippen LogP contribution in [0.25, 0.3) is 0 Å². The number of nitrogens with zero attached hydrogens (tertiary/aromatic N) is 1. The molecule has 1 saturated heterocycles. The quantitative estimate of drug-likeness (QED) is 0.837. The average Bonchev–Trinajstić information content (AvgIpc) is 3.39. The fraction of sp³-hybridized carbons (Fsp3) is 0.556. The van der Waals surface area contributed by atoms with Gasteiger partial charge in [-0.05, 0) is 36.5 Å². The Morgan fingerprint density at radius 1 is 1.46 bits per heavy atom. The summed E-state index contributed by atoms with van der Waals surface area (Å²) >= 11 is 0. The normalized spacial score (nSPS) is 19.8. The van der Waals surface area contributed by atoms with Crippen LogP contribution in [0.3, 0.4) is 0 Å². The smallest absolute Gasteiger partial charge is 0.422 e. The van der Waals surface area contributed by atoms with E-state index in [1.165, 1.54) is 6.07 Å². The second-order valence-corrected chi connectivity index (χ2v) is 7.11. The molecule has 1 aromatic rings. The van der Waals surface area contributed by atoms with Crippen LogP contribution in [0.4, 0.5) is 13.2 Å². The SMILES string of the molecule is CC1(C(C#N)NC(=O)c2ccc(C3CC3)c(OCC(F)(F)F)c2)COC1. The van der Waals surface area contributed by atoms with Crippen LogP contribution in [0.1, 0.15) is 41.6 Å². The zero-order chi connectivity index (χ0) is 18.9. The van der Waals surface area contributed by atoms with E-state index in [0.717, 1.165) is 12.8 Å². The molecule has 3 rings (SSSR count). The number of nitriles is 1. The fourth-order valence-electron chi connectivity index (χ4n) is 2.86. The number of nitrogens with one attached hydrogen (secondary N) is 1. The molecule has 140 valence electrons. The van der Waals surface area contributed by atoms with Gasteiger partial charge >= 0.3 is 6.18 Å². The van der Waals surface area contributed by atoms with Gasteiger partial charge in [-0.3, -0.25) is 4.79 Å². The van der Waals surface area contributed by atoms with E-state index in [0.29, 0.717) is 18.8 Å². The third-order valence-electron chi connectivity index (χ3n) is 4.65. The van der Waals surface area contributed by atoms with Crippen molar-refractivity contribution in [3.05, 3.63) is 29.3 Å². The van der Waals surface area contributed by atoms with Crippen molar-refractivity contribution < 1.29 is 27.4 Å². The first kappa shape index (κ1) is 18.5. The first-order chi connectivity index (χ1) is 12.2. The molecule has 1 N–H and O–H groups in total. The van der Waals surface area contributed by atoms with Gasteiger partial charge in [0.25, 0.3) is 5.91 Å². The van der Waals surface area contributed by atoms with Crippen LogP contribution in [-0.2, 0) is 4.74 Å². The first-order valence-corrected chi connectivity index (χ1v) is 8.33. The van der Waals surface area contributed by atoms with Gasteiger partial charge in [0.2, 0.25) is 0 Å². The molecule has 26 heavy (non-hydrogen) atoms. The Labute approximate surface area is 149 Å². The van der Waals surface area contributed by atoms with Crippen molar-refractivity contribution in [2.24, 2.45) is 5.41 Å². The summed E-state index contributed by atoms with van der Waals surface area (Å²) in [6, 6.07) is 5.82. The molecule has 1 atom stereocenters. The molecule has 0 spiro atoms. The average molecular weight is 368 g/mol. The number of carbonyl (C=O) groups excluding carboxylic acids is 1. The lowest BCUT2D eigenvalue weighted by Crippen LogP contribution is -2.55. The van der Waals surface area contributed by atoms with E-state index in [1.807, 2.05) is 6.92 Å². The molecule has 0 bridgehead atoms. The van der Waals surface area contributed by atoms with Crippen LogP contribution < -0.4 is 10.1 Å². The Kier molecular flexibility index (Phi) is 4.84. The molecule has 2 fully saturated rings. The molecule has 1 unspecified atom stereocenters. The molecule has 5 nitrogen and oxygen atoms in total. The molecular weight excluding hydrogens is 349 g/mol. The van der Waals surface area contributed by atoms with Gasteiger partial charge in [-0.15, -0.1) is 0 Å². The molecule has 0 radical (unpaired) electrons. The van der Waals surface area contributed by atoms with Gasteiger partial charge in [0.05, 0.1) is 19.3 Å². The Morgan fingerprint density at radius 3 is 2.65 bits per heavy atom. The summed E-state index contributed by atoms with van der Waals surface area (Å²) in [5.74, 6) is -0.277. The van der Waals surface area contributed by atoms with Crippen molar-refractivity contribution in [3.8, 4) is 11.8 Å². The van der Waals surface area contributed by atoms with E-state index in [-0.39, 0.29) is 17.2 Å². The minimum absolute atomic E-state index is 0.0733. The van der Waals surface area contributed by atoms with E-state index < -0.39 is 30.1 Å². The molecule has 0 aromatic heterocycles. The number of alkyl halides is 3. The maximum atomic E-state index is 12.5. The predicted octanol–water partition coefficient (Wildman–Crippen LogP) is 3.16. The molecule has 8 heteroatoms. The lowest BCUT2D eigenvalue weighted by molar-refractivity contribution is -0.153. The Hall–Kier alpha value is -2.27. The maximum Gasteiger partial charge on any atom is 0.422 e. The number of hydrogen-bond donors (Lipinski definition) is 1. The number of carbonyl (C=O) groups is 1. The van der Waals surface area contributed by atoms with Gasteiger partial charge in [0.15, 0.2) is 6.61 Å². The number of ether oxygens (including phenoxy) is 2. The van der Waals surface area contributed by atoms with Crippen molar-refractivity contribution in [2.75, 3.05) is 19.8 Å². The van der Waals surface area contributed by atoms with Crippen LogP contribution in [0, 0.1) is 16.7 Å². The molecule has 1 aliphatic carbocycles. The molecule has 1 aliphatic heterocycles. The second-order valence-electron chi connectivity index (χ2n) is 7.11. The number of rotatable bonds is 6. The van der Waals surface area contributed by atoms with Crippen LogP contribution in [0.15, 0.2) is 18.2 Å². The summed E-state index contributed by atoms with van der Waals surface area (Å²) in [6.45, 7) is 1.16. The summed E-state index contributed by atoms with van der Waals surface area (Å²) in [5, 5.41) is 11.9. The molecule has 1 saturated carbocycles. The number of halogens is 3. The van der Waals surface area contributed by atoms with Gasteiger partial charge in [-0.25, -0.2) is 0 Å². The van der Waals surface area contributed by atoms with E-state index >= 15 is 0 Å². The summed E-state index contributed by atoms with van der Waals surface area (Å²) < 4.78 is 47.5. The summed E-state index contributed by atoms with van der Waals surface area (Å²) in [6.07, 6.45) is -2.67. The minimum Gasteiger partial charge on any atom is -0.484 e. The van der Waals surface area contributed by atoms with E-state index in [9.17, 15) is 23.2 Å². The van der Waals surface area contributed by atoms with Crippen molar-refractivity contribution in [3.63, 3.8) is 0 Å². The zero-order valence-electron chi connectivity index (χ0n) is 14.2. The van der Waals surface area contributed by atoms with Crippen molar-refractivity contribution in [1.29, 1.82) is 5.26 Å². The first-order valence-electron chi connectivity index (χ1n) is 8.33. The Morgan fingerprint density at radius 2 is 2.15 bits per heavy atom. The van der Waals surface area contributed by atoms with Gasteiger partial charge < -0.3 is 14.8 Å². The summed E-state index contributed by atoms with van der Waals surface area (Å²) in [4.78, 5) is 12.5. The second kappa shape index (κ2) is 6.80. The predicted molar refractivity (Wildman–Crippen MR) is 85.8 cm³/mol. The van der Waals surface area contributed by atoms with E-state index in [4.69, 9.17) is 9.47 Å². The number of benzene rings is 1. The van der Waals surface area contributed by atoms with Crippen LogP contribution in [-0.4, -0.2) is 37.9 Å². The third-order valence-corrected chi connectivity index (χ3v) is 4.65. The monoisotopic (exact) mass is 368 g/mol. The lowest BCUT2D eigenvalue weighted by atomic mass is 9.81. The van der Waals surface area contributed by atoms with Crippen molar-refractivity contribution in [2.45, 2.75) is 37.9 Å². The fourth-order valence-corrected chi connectivity index (χ4v) is 2.86. The topological polar surface area (TPSA) is 71.4 Å². The van der Waals surface area contributed by atoms with Crippen molar-refractivity contribution in [1.82, 2.24) is 5.32 Å². The van der Waals surface area contributed by atoms with Crippen LogP contribution in [0.2, 0.25) is 0 Å². The molecule has 2 aliphatic rings. The highest BCUT2D eigenvalue weighted by Crippen LogP contribution is 2.44. The molecule has 1 aromatic carbocycles. The van der Waals surface area contributed by atoms with Gasteiger partial charge in [-0.1, -0.05) is 13.0 Å². The summed E-state index contributed by atoms with van der Waals surface area (Å²) in [7, 11) is 0. The Bertz CT molecular complexity index is 734. The minimum atomic E-state index is -4.45. The van der Waals surface area contributed by atoms with E-state index in [2.05, 4.69) is 11.4 Å². The highest BCUT2D eigenvalue weighted by Gasteiger charge is 2.42. The number of hydrogen-bond acceptors (Lipinski definition) is 4. The standard InChI is InChI=1S/C18H19F3N2O3/c1-17(8-25-9-17)15(7-22)23-16(24)12-4-5-13(11-2-3-11)14(6-12)26-10-18(19,20)21/h4-6,11,15H,2-3,8-10H2,1H3,(H,23,24). The largest absolute Gasteiger partial charge is 0.484 e. The third kappa shape index (κ3) is 4.10. The van der Waals surface area contributed by atoms with Gasteiger partial charge in [-0.2, -0.15) is 18.4 Å². The molecule has 1 amide bonds. The molecular formula is C18H19F3N2O3. The van der Waals surface area contributed by atoms with Gasteiger partial charge in [0, 0.05) is 11.0 Å². The highest BCUT2D eigenvalue weighted by atomic mass is 19.4. The van der Waals surface area contributed by atoms with Gasteiger partial charge in [0.1, 0.15) is 11.8 Å². The van der Waals surface area contributed by atoms with Crippen molar-refractivity contribution >= 4 is 5.91 Å². The Balaban J connectivity index is 1.76. The maximum absolute atomic E-state index is 12.5. The molecule has 1 heterocycles. The number of amides is 1. The van der Waals surface area contributed by atoms with E-state index in [1.54, 1.807) is 12.1 Å². The van der Waals surface area contributed by atoms with Crippen LogP contribution in [0.5, 0.6) is 5.75 Å². The zero-order valence-corrected chi connectivity index (χ0v) is 14.2.